The maximum atomic E-state index is 12.1. The summed E-state index contributed by atoms with van der Waals surface area (Å²) in [4.78, 5) is 14.9. The number of carbonyl (C=O) groups is 1. The second kappa shape index (κ2) is 6.19. The number of benzene rings is 1. The molecule has 1 aromatic rings. The van der Waals surface area contributed by atoms with Gasteiger partial charge in [-0.2, -0.15) is 0 Å². The summed E-state index contributed by atoms with van der Waals surface area (Å²) in [6, 6.07) is 6.52. The molecule has 0 aliphatic heterocycles. The van der Waals surface area contributed by atoms with Crippen molar-refractivity contribution in [3.05, 3.63) is 29.3 Å². The largest absolute Gasteiger partial charge is 0.394 e. The molecule has 110 valence electrons. The van der Waals surface area contributed by atoms with E-state index < -0.39 is 5.54 Å². The van der Waals surface area contributed by atoms with Gasteiger partial charge in [0.15, 0.2) is 0 Å². The number of likely N-dealkylation sites (N-methyl/N-ethyl adjacent to an activating group) is 1. The van der Waals surface area contributed by atoms with Gasteiger partial charge in [-0.1, -0.05) is 6.07 Å². The van der Waals surface area contributed by atoms with Crippen molar-refractivity contribution in [2.24, 2.45) is 0 Å². The predicted octanol–water partition coefficient (Wildman–Crippen LogP) is 2.50. The number of carbonyl (C=O) groups excluding carboxylic acids is 1. The van der Waals surface area contributed by atoms with E-state index in [4.69, 9.17) is 0 Å². The highest BCUT2D eigenvalue weighted by atomic mass is 32.2. The number of hydrogen-bond acceptors (Lipinski definition) is 3. The molecule has 0 unspecified atom stereocenters. The molecule has 0 spiro atoms. The summed E-state index contributed by atoms with van der Waals surface area (Å²) < 4.78 is 0. The quantitative estimate of drug-likeness (QED) is 0.848. The molecule has 1 aliphatic rings. The molecule has 20 heavy (non-hydrogen) atoms. The third kappa shape index (κ3) is 3.36. The summed E-state index contributed by atoms with van der Waals surface area (Å²) >= 11 is 1.58. The summed E-state index contributed by atoms with van der Waals surface area (Å²) in [5.74, 6) is 0.466. The highest BCUT2D eigenvalue weighted by molar-refractivity contribution is 8.00. The van der Waals surface area contributed by atoms with Crippen LogP contribution in [0.15, 0.2) is 23.1 Å². The second-order valence-corrected chi connectivity index (χ2v) is 7.04. The first-order valence-corrected chi connectivity index (χ1v) is 8.05. The molecule has 0 fully saturated rings. The maximum absolute atomic E-state index is 12.1. The van der Waals surface area contributed by atoms with Gasteiger partial charge in [0, 0.05) is 11.9 Å². The van der Waals surface area contributed by atoms with Crippen LogP contribution in [0.3, 0.4) is 0 Å². The molecule has 0 bridgehead atoms. The van der Waals surface area contributed by atoms with Crippen LogP contribution in [0.2, 0.25) is 0 Å². The third-order valence-corrected chi connectivity index (χ3v) is 5.08. The first-order chi connectivity index (χ1) is 9.44. The molecule has 0 heterocycles. The second-order valence-electron chi connectivity index (χ2n) is 6.00. The van der Waals surface area contributed by atoms with Gasteiger partial charge < -0.3 is 10.0 Å². The molecule has 1 aromatic carbocycles. The Hall–Kier alpha value is -1.00. The summed E-state index contributed by atoms with van der Waals surface area (Å²) in [5, 5.41) is 9.30. The summed E-state index contributed by atoms with van der Waals surface area (Å²) in [6.07, 6.45) is 3.59. The monoisotopic (exact) mass is 293 g/mol. The van der Waals surface area contributed by atoms with Crippen molar-refractivity contribution in [3.8, 4) is 0 Å². The number of nitrogens with zero attached hydrogens (tertiary/aromatic N) is 1. The standard InChI is InChI=1S/C16H23NO2S/c1-16(2,11-18)17(3)15(19)10-20-14-8-7-12-5-4-6-13(12)9-14/h7-9,18H,4-6,10-11H2,1-3H3. The van der Waals surface area contributed by atoms with Gasteiger partial charge in [-0.25, -0.2) is 0 Å². The Morgan fingerprint density at radius 3 is 2.75 bits per heavy atom. The van der Waals surface area contributed by atoms with Crippen molar-refractivity contribution >= 4 is 17.7 Å². The molecule has 1 amide bonds. The van der Waals surface area contributed by atoms with Crippen LogP contribution in [0.1, 0.15) is 31.4 Å². The number of aliphatic hydroxyl groups excluding tert-OH is 1. The summed E-state index contributed by atoms with van der Waals surface area (Å²) in [7, 11) is 1.75. The smallest absolute Gasteiger partial charge is 0.233 e. The Kier molecular flexibility index (Phi) is 4.76. The van der Waals surface area contributed by atoms with Gasteiger partial charge in [-0.3, -0.25) is 4.79 Å². The number of rotatable bonds is 5. The fourth-order valence-corrected chi connectivity index (χ4v) is 3.20. The van der Waals surface area contributed by atoms with E-state index in [0.717, 1.165) is 11.3 Å². The average Bonchev–Trinajstić information content (AvgIpc) is 2.91. The fourth-order valence-electron chi connectivity index (χ4n) is 2.32. The summed E-state index contributed by atoms with van der Waals surface area (Å²) in [6.45, 7) is 3.70. The zero-order chi connectivity index (χ0) is 14.8. The van der Waals surface area contributed by atoms with E-state index in [2.05, 4.69) is 18.2 Å². The fraction of sp³-hybridized carbons (Fsp3) is 0.562. The molecule has 2 rings (SSSR count). The lowest BCUT2D eigenvalue weighted by atomic mass is 10.1. The third-order valence-electron chi connectivity index (χ3n) is 4.10. The van der Waals surface area contributed by atoms with Crippen LogP contribution in [0.5, 0.6) is 0 Å². The normalized spacial score (nSPS) is 14.2. The SMILES string of the molecule is CN(C(=O)CSc1ccc2c(c1)CCC2)C(C)(C)CO. The van der Waals surface area contributed by atoms with Crippen LogP contribution in [0.4, 0.5) is 0 Å². The Morgan fingerprint density at radius 1 is 1.35 bits per heavy atom. The lowest BCUT2D eigenvalue weighted by Crippen LogP contribution is -2.48. The van der Waals surface area contributed by atoms with Gasteiger partial charge in [0.25, 0.3) is 0 Å². The van der Waals surface area contributed by atoms with E-state index >= 15 is 0 Å². The zero-order valence-corrected chi connectivity index (χ0v) is 13.3. The maximum Gasteiger partial charge on any atom is 0.233 e. The molecule has 1 N–H and O–H groups in total. The van der Waals surface area contributed by atoms with E-state index in [1.54, 1.807) is 23.7 Å². The van der Waals surface area contributed by atoms with E-state index in [9.17, 15) is 9.90 Å². The van der Waals surface area contributed by atoms with Crippen LogP contribution in [-0.2, 0) is 17.6 Å². The Balaban J connectivity index is 1.94. The molecule has 4 heteroatoms. The van der Waals surface area contributed by atoms with Crippen molar-refractivity contribution in [3.63, 3.8) is 0 Å². The Labute approximate surface area is 125 Å². The highest BCUT2D eigenvalue weighted by Crippen LogP contribution is 2.28. The average molecular weight is 293 g/mol. The van der Waals surface area contributed by atoms with Crippen LogP contribution in [0.25, 0.3) is 0 Å². The highest BCUT2D eigenvalue weighted by Gasteiger charge is 2.26. The molecule has 0 aromatic heterocycles. The van der Waals surface area contributed by atoms with Crippen molar-refractivity contribution in [2.75, 3.05) is 19.4 Å². The number of thioether (sulfide) groups is 1. The van der Waals surface area contributed by atoms with Gasteiger partial charge in [-0.15, -0.1) is 11.8 Å². The van der Waals surface area contributed by atoms with Gasteiger partial charge in [0.2, 0.25) is 5.91 Å². The first kappa shape index (κ1) is 15.4. The van der Waals surface area contributed by atoms with Crippen molar-refractivity contribution in [2.45, 2.75) is 43.5 Å². The van der Waals surface area contributed by atoms with Crippen LogP contribution in [0, 0.1) is 0 Å². The van der Waals surface area contributed by atoms with Crippen molar-refractivity contribution in [1.82, 2.24) is 4.90 Å². The van der Waals surface area contributed by atoms with Crippen molar-refractivity contribution in [1.29, 1.82) is 0 Å². The first-order valence-electron chi connectivity index (χ1n) is 7.06. The molecule has 0 atom stereocenters. The molecular weight excluding hydrogens is 270 g/mol. The number of fused-ring (bicyclic) bond motifs is 1. The van der Waals surface area contributed by atoms with Crippen LogP contribution in [-0.4, -0.2) is 40.9 Å². The van der Waals surface area contributed by atoms with Gasteiger partial charge >= 0.3 is 0 Å². The van der Waals surface area contributed by atoms with Gasteiger partial charge in [-0.05, 0) is 56.4 Å². The number of hydrogen-bond donors (Lipinski definition) is 1. The number of aryl methyl sites for hydroxylation is 2. The van der Waals surface area contributed by atoms with Gasteiger partial charge in [0.05, 0.1) is 17.9 Å². The minimum Gasteiger partial charge on any atom is -0.394 e. The predicted molar refractivity (Wildman–Crippen MR) is 83.1 cm³/mol. The molecule has 3 nitrogen and oxygen atoms in total. The Bertz CT molecular complexity index is 499. The van der Waals surface area contributed by atoms with Crippen LogP contribution < -0.4 is 0 Å². The molecule has 0 radical (unpaired) electrons. The van der Waals surface area contributed by atoms with E-state index in [-0.39, 0.29) is 12.5 Å². The van der Waals surface area contributed by atoms with E-state index in [1.165, 1.54) is 24.0 Å². The molecule has 0 saturated heterocycles. The lowest BCUT2D eigenvalue weighted by molar-refractivity contribution is -0.133. The topological polar surface area (TPSA) is 40.5 Å². The number of amides is 1. The van der Waals surface area contributed by atoms with E-state index in [0.29, 0.717) is 5.75 Å². The van der Waals surface area contributed by atoms with Crippen LogP contribution >= 0.6 is 11.8 Å². The van der Waals surface area contributed by atoms with Gasteiger partial charge in [0.1, 0.15) is 0 Å². The number of aliphatic hydroxyl groups is 1. The molecule has 0 saturated carbocycles. The lowest BCUT2D eigenvalue weighted by Gasteiger charge is -2.33. The minimum absolute atomic E-state index is 0.0290. The molecular formula is C16H23NO2S. The van der Waals surface area contributed by atoms with Crippen molar-refractivity contribution < 1.29 is 9.90 Å². The minimum atomic E-state index is -0.504. The molecule has 1 aliphatic carbocycles. The zero-order valence-electron chi connectivity index (χ0n) is 12.5. The van der Waals surface area contributed by atoms with E-state index in [1.807, 2.05) is 13.8 Å². The summed E-state index contributed by atoms with van der Waals surface area (Å²) in [5.41, 5.74) is 2.39. The Morgan fingerprint density at radius 2 is 2.05 bits per heavy atom.